The van der Waals surface area contributed by atoms with Crippen molar-refractivity contribution in [3.63, 3.8) is 0 Å². The van der Waals surface area contributed by atoms with Gasteiger partial charge in [0.15, 0.2) is 0 Å². The lowest BCUT2D eigenvalue weighted by Crippen LogP contribution is -2.32. The van der Waals surface area contributed by atoms with Crippen molar-refractivity contribution < 1.29 is 42.2 Å². The lowest BCUT2D eigenvalue weighted by atomic mass is 9.80. The second kappa shape index (κ2) is 17.7. The normalized spacial score (nSPS) is 10.1. The van der Waals surface area contributed by atoms with Crippen LogP contribution in [0.15, 0.2) is 106 Å². The van der Waals surface area contributed by atoms with E-state index >= 15 is 0 Å². The van der Waals surface area contributed by atoms with Crippen LogP contribution in [0.25, 0.3) is 22.3 Å². The van der Waals surface area contributed by atoms with Gasteiger partial charge in [-0.2, -0.15) is 0 Å². The van der Waals surface area contributed by atoms with E-state index in [9.17, 15) is 13.2 Å². The molecular weight excluding hydrogens is 732 g/mol. The highest BCUT2D eigenvalue weighted by molar-refractivity contribution is 9.11. The summed E-state index contributed by atoms with van der Waals surface area (Å²) in [6.45, 7) is 0. The Hall–Kier alpha value is -3.97. The maximum atomic E-state index is 14.2. The Morgan fingerprint density at radius 2 is 0.848 bits per heavy atom. The third-order valence-electron chi connectivity index (χ3n) is 6.46. The molecule has 0 heterocycles. The summed E-state index contributed by atoms with van der Waals surface area (Å²) < 4.78 is 63.7. The Bertz CT molecular complexity index is 1660. The summed E-state index contributed by atoms with van der Waals surface area (Å²) >= 11 is 6.72. The molecule has 0 saturated heterocycles. The van der Waals surface area contributed by atoms with Crippen LogP contribution in [0.4, 0.5) is 13.2 Å². The van der Waals surface area contributed by atoms with Crippen molar-refractivity contribution in [1.82, 2.24) is 0 Å². The molecule has 0 aliphatic heterocycles. The Morgan fingerprint density at radius 1 is 0.478 bits per heavy atom. The fourth-order valence-corrected chi connectivity index (χ4v) is 5.50. The monoisotopic (exact) mass is 760 g/mol. The SMILES string of the molecule is COc1cc(OC)c(-c2ccccc2F)cc1-c1ccccc1F.COc1cc(OC)c(Br)cc1Br.OB(O)c1ccccc1F. The molecule has 240 valence electrons. The van der Waals surface area contributed by atoms with Crippen LogP contribution in [0.1, 0.15) is 0 Å². The molecule has 0 amide bonds. The number of hydrogen-bond acceptors (Lipinski definition) is 6. The van der Waals surface area contributed by atoms with E-state index in [2.05, 4.69) is 31.9 Å². The minimum atomic E-state index is -1.72. The number of benzene rings is 5. The van der Waals surface area contributed by atoms with Gasteiger partial charge < -0.3 is 29.0 Å². The number of methoxy groups -OCH3 is 4. The van der Waals surface area contributed by atoms with E-state index in [0.717, 1.165) is 20.4 Å². The van der Waals surface area contributed by atoms with Gasteiger partial charge in [0.25, 0.3) is 0 Å². The molecule has 0 fully saturated rings. The van der Waals surface area contributed by atoms with Crippen molar-refractivity contribution in [2.45, 2.75) is 0 Å². The number of hydrogen-bond donors (Lipinski definition) is 2. The van der Waals surface area contributed by atoms with E-state index in [4.69, 9.17) is 29.0 Å². The summed E-state index contributed by atoms with van der Waals surface area (Å²) in [6, 6.07) is 25.3. The maximum absolute atomic E-state index is 14.2. The predicted octanol–water partition coefficient (Wildman–Crippen LogP) is 8.05. The van der Waals surface area contributed by atoms with Gasteiger partial charge in [-0.15, -0.1) is 0 Å². The minimum Gasteiger partial charge on any atom is -0.496 e. The predicted molar refractivity (Wildman–Crippen MR) is 182 cm³/mol. The Balaban J connectivity index is 0.000000218. The van der Waals surface area contributed by atoms with Crippen molar-refractivity contribution in [3.8, 4) is 45.3 Å². The second-order valence-corrected chi connectivity index (χ2v) is 10.9. The molecule has 0 unspecified atom stereocenters. The van der Waals surface area contributed by atoms with E-state index < -0.39 is 12.9 Å². The van der Waals surface area contributed by atoms with E-state index in [0.29, 0.717) is 33.8 Å². The zero-order valence-electron chi connectivity index (χ0n) is 25.2. The fourth-order valence-electron chi connectivity index (χ4n) is 4.19. The van der Waals surface area contributed by atoms with Gasteiger partial charge >= 0.3 is 7.12 Å². The van der Waals surface area contributed by atoms with Gasteiger partial charge in [0.05, 0.1) is 37.4 Å². The van der Waals surface area contributed by atoms with Gasteiger partial charge in [0.2, 0.25) is 0 Å². The molecule has 5 aromatic rings. The first kappa shape index (κ1) is 36.5. The molecule has 0 aliphatic carbocycles. The van der Waals surface area contributed by atoms with Gasteiger partial charge in [-0.3, -0.25) is 0 Å². The molecule has 0 radical (unpaired) electrons. The third kappa shape index (κ3) is 9.29. The molecular formula is C34H30BBr2F3O6. The number of halogens is 5. The first-order valence-corrected chi connectivity index (χ1v) is 15.1. The van der Waals surface area contributed by atoms with Crippen LogP contribution in [-0.4, -0.2) is 45.6 Å². The van der Waals surface area contributed by atoms with Crippen LogP contribution in [0.2, 0.25) is 0 Å². The molecule has 0 aromatic heterocycles. The van der Waals surface area contributed by atoms with Crippen LogP contribution < -0.4 is 24.4 Å². The summed E-state index contributed by atoms with van der Waals surface area (Å²) in [7, 11) is 4.52. The highest BCUT2D eigenvalue weighted by Crippen LogP contribution is 2.42. The second-order valence-electron chi connectivity index (χ2n) is 9.23. The van der Waals surface area contributed by atoms with Crippen molar-refractivity contribution in [3.05, 3.63) is 123 Å². The highest BCUT2D eigenvalue weighted by atomic mass is 79.9. The molecule has 46 heavy (non-hydrogen) atoms. The summed E-state index contributed by atoms with van der Waals surface area (Å²) in [5, 5.41) is 17.0. The van der Waals surface area contributed by atoms with Gasteiger partial charge in [0, 0.05) is 39.8 Å². The van der Waals surface area contributed by atoms with Crippen molar-refractivity contribution in [2.24, 2.45) is 0 Å². The quantitative estimate of drug-likeness (QED) is 0.164. The van der Waals surface area contributed by atoms with E-state index in [1.807, 2.05) is 12.1 Å². The molecule has 0 atom stereocenters. The van der Waals surface area contributed by atoms with E-state index in [1.54, 1.807) is 62.8 Å². The average Bonchev–Trinajstić information content (AvgIpc) is 3.05. The average molecular weight is 762 g/mol. The van der Waals surface area contributed by atoms with E-state index in [-0.39, 0.29) is 17.1 Å². The number of ether oxygens (including phenoxy) is 4. The zero-order valence-corrected chi connectivity index (χ0v) is 28.4. The smallest absolute Gasteiger partial charge is 0.491 e. The molecule has 5 rings (SSSR count). The van der Waals surface area contributed by atoms with Crippen molar-refractivity contribution >= 4 is 44.4 Å². The molecule has 12 heteroatoms. The molecule has 5 aromatic carbocycles. The maximum Gasteiger partial charge on any atom is 0.491 e. The number of rotatable bonds is 7. The molecule has 0 bridgehead atoms. The van der Waals surface area contributed by atoms with Gasteiger partial charge in [-0.25, -0.2) is 13.2 Å². The highest BCUT2D eigenvalue weighted by Gasteiger charge is 2.18. The molecule has 0 saturated carbocycles. The standard InChI is InChI=1S/C20H16F2O2.C8H8Br2O2.C6H6BFO2/c1-23-19-12-20(24-2)16(14-8-4-6-10-18(14)22)11-15(19)13-7-3-5-9-17(13)21;1-11-7-4-8(12-2)6(10)3-5(7)9;8-6-4-2-1-3-5(6)7(9)10/h3-12H,1-2H3;3-4H,1-2H3;1-4,9-10H. The summed E-state index contributed by atoms with van der Waals surface area (Å²) in [4.78, 5) is 0. The topological polar surface area (TPSA) is 77.4 Å². The lowest BCUT2D eigenvalue weighted by molar-refractivity contribution is 0.391. The molecule has 2 N–H and O–H groups in total. The summed E-state index contributed by atoms with van der Waals surface area (Å²) in [5.74, 6) is 1.08. The first-order chi connectivity index (χ1) is 22.1. The van der Waals surface area contributed by atoms with Crippen LogP contribution in [0, 0.1) is 17.5 Å². The Kier molecular flexibility index (Phi) is 14.0. The van der Waals surface area contributed by atoms with Crippen molar-refractivity contribution in [1.29, 1.82) is 0 Å². The van der Waals surface area contributed by atoms with Crippen LogP contribution in [0.3, 0.4) is 0 Å². The lowest BCUT2D eigenvalue weighted by Gasteiger charge is -2.16. The van der Waals surface area contributed by atoms with Gasteiger partial charge in [-0.1, -0.05) is 54.6 Å². The fraction of sp³-hybridized carbons (Fsp3) is 0.118. The van der Waals surface area contributed by atoms with Crippen LogP contribution in [-0.2, 0) is 0 Å². The minimum absolute atomic E-state index is 0.0949. The van der Waals surface area contributed by atoms with Crippen molar-refractivity contribution in [2.75, 3.05) is 28.4 Å². The van der Waals surface area contributed by atoms with Gasteiger partial charge in [0.1, 0.15) is 40.4 Å². The molecule has 6 nitrogen and oxygen atoms in total. The van der Waals surface area contributed by atoms with E-state index in [1.165, 1.54) is 50.6 Å². The molecule has 0 spiro atoms. The largest absolute Gasteiger partial charge is 0.496 e. The zero-order chi connectivity index (χ0) is 33.8. The third-order valence-corrected chi connectivity index (χ3v) is 7.70. The van der Waals surface area contributed by atoms with Gasteiger partial charge in [-0.05, 0) is 62.2 Å². The first-order valence-electron chi connectivity index (χ1n) is 13.5. The van der Waals surface area contributed by atoms with Crippen LogP contribution in [0.5, 0.6) is 23.0 Å². The summed E-state index contributed by atoms with van der Waals surface area (Å²) in [6.07, 6.45) is 0. The summed E-state index contributed by atoms with van der Waals surface area (Å²) in [5.41, 5.74) is 1.75. The Labute approximate surface area is 282 Å². The molecule has 0 aliphatic rings. The Morgan fingerprint density at radius 3 is 1.20 bits per heavy atom. The van der Waals surface area contributed by atoms with Crippen LogP contribution >= 0.6 is 31.9 Å².